The van der Waals surface area contributed by atoms with Crippen molar-refractivity contribution in [1.82, 2.24) is 4.90 Å². The van der Waals surface area contributed by atoms with E-state index in [0.29, 0.717) is 13.1 Å². The molecule has 106 valence electrons. The molecule has 0 radical (unpaired) electrons. The van der Waals surface area contributed by atoms with Gasteiger partial charge in [0.25, 0.3) is 0 Å². The highest BCUT2D eigenvalue weighted by Crippen LogP contribution is 2.37. The summed E-state index contributed by atoms with van der Waals surface area (Å²) in [5.74, 6) is 0. The van der Waals surface area contributed by atoms with Crippen molar-refractivity contribution in [3.05, 3.63) is 29.3 Å². The minimum Gasteiger partial charge on any atom is -0.399 e. The molecule has 20 heavy (non-hydrogen) atoms. The molecule has 0 spiro atoms. The molecule has 0 aliphatic carbocycles. The molecule has 2 aliphatic heterocycles. The van der Waals surface area contributed by atoms with E-state index in [2.05, 4.69) is 6.07 Å². The summed E-state index contributed by atoms with van der Waals surface area (Å²) in [4.78, 5) is 12.7. The minimum absolute atomic E-state index is 0.344. The van der Waals surface area contributed by atoms with Crippen molar-refractivity contribution < 1.29 is 14.1 Å². The van der Waals surface area contributed by atoms with Gasteiger partial charge in [-0.25, -0.2) is 0 Å². The summed E-state index contributed by atoms with van der Waals surface area (Å²) < 4.78 is 12.2. The molecule has 1 aromatic rings. The number of amides is 1. The van der Waals surface area contributed by atoms with Gasteiger partial charge in [-0.15, -0.1) is 0 Å². The Morgan fingerprint density at radius 3 is 2.40 bits per heavy atom. The van der Waals surface area contributed by atoms with E-state index in [1.54, 1.807) is 4.90 Å². The fraction of sp³-hybridized carbons (Fsp3) is 0.533. The highest BCUT2D eigenvalue weighted by molar-refractivity contribution is 6.62. The van der Waals surface area contributed by atoms with Gasteiger partial charge in [-0.3, -0.25) is 4.79 Å². The summed E-state index contributed by atoms with van der Waals surface area (Å²) in [5, 5.41) is 0. The fourth-order valence-electron chi connectivity index (χ4n) is 2.74. The molecule has 1 fully saturated rings. The first kappa shape index (κ1) is 13.6. The molecule has 1 saturated heterocycles. The van der Waals surface area contributed by atoms with Gasteiger partial charge in [-0.05, 0) is 44.3 Å². The van der Waals surface area contributed by atoms with E-state index in [-0.39, 0.29) is 18.3 Å². The molecule has 0 N–H and O–H groups in total. The van der Waals surface area contributed by atoms with E-state index < -0.39 is 0 Å². The first-order valence-corrected chi connectivity index (χ1v) is 7.00. The molecular weight excluding hydrogens is 253 g/mol. The first-order chi connectivity index (χ1) is 9.34. The number of fused-ring (bicyclic) bond motifs is 1. The highest BCUT2D eigenvalue weighted by Gasteiger charge is 2.52. The smallest absolute Gasteiger partial charge is 0.399 e. The van der Waals surface area contributed by atoms with Crippen LogP contribution in [0.4, 0.5) is 0 Å². The average molecular weight is 273 g/mol. The Morgan fingerprint density at radius 2 is 1.80 bits per heavy atom. The van der Waals surface area contributed by atoms with Crippen molar-refractivity contribution in [3.63, 3.8) is 0 Å². The third kappa shape index (κ3) is 1.96. The summed E-state index contributed by atoms with van der Waals surface area (Å²) in [7, 11) is -0.360. The van der Waals surface area contributed by atoms with Crippen molar-refractivity contribution in [2.24, 2.45) is 0 Å². The van der Waals surface area contributed by atoms with E-state index in [9.17, 15) is 4.79 Å². The van der Waals surface area contributed by atoms with Crippen LogP contribution in [0.1, 0.15) is 38.8 Å². The standard InChI is InChI=1S/C15H20BNO3/c1-14(2)15(3,4)20-16(19-14)13-7-5-6-11-8-17(10-18)9-12(11)13/h5-7,10H,8-9H2,1-4H3. The maximum absolute atomic E-state index is 11.0. The third-order valence-electron chi connectivity index (χ3n) is 4.70. The molecule has 1 aromatic carbocycles. The van der Waals surface area contributed by atoms with Crippen LogP contribution in [0.2, 0.25) is 0 Å². The van der Waals surface area contributed by atoms with Crippen molar-refractivity contribution >= 4 is 19.0 Å². The molecule has 4 nitrogen and oxygen atoms in total. The predicted molar refractivity (Wildman–Crippen MR) is 77.5 cm³/mol. The SMILES string of the molecule is CC1(C)OB(c2cccc3c2CN(C=O)C3)OC1(C)C. The minimum atomic E-state index is -0.360. The van der Waals surface area contributed by atoms with Crippen LogP contribution in [-0.4, -0.2) is 29.6 Å². The van der Waals surface area contributed by atoms with Gasteiger partial charge in [0.1, 0.15) is 0 Å². The van der Waals surface area contributed by atoms with Crippen LogP contribution in [0.3, 0.4) is 0 Å². The van der Waals surface area contributed by atoms with Crippen LogP contribution < -0.4 is 5.46 Å². The molecule has 2 heterocycles. The molecule has 1 amide bonds. The second-order valence-corrected chi connectivity index (χ2v) is 6.58. The second-order valence-electron chi connectivity index (χ2n) is 6.58. The number of hydrogen-bond donors (Lipinski definition) is 0. The normalized spacial score (nSPS) is 23.0. The van der Waals surface area contributed by atoms with E-state index in [0.717, 1.165) is 17.4 Å². The van der Waals surface area contributed by atoms with Gasteiger partial charge in [0.15, 0.2) is 0 Å². The van der Waals surface area contributed by atoms with E-state index >= 15 is 0 Å². The predicted octanol–water partition coefficient (Wildman–Crippen LogP) is 1.46. The van der Waals surface area contributed by atoms with Gasteiger partial charge in [0, 0.05) is 13.1 Å². The van der Waals surface area contributed by atoms with E-state index in [1.165, 1.54) is 5.56 Å². The van der Waals surface area contributed by atoms with Crippen molar-refractivity contribution in [2.45, 2.75) is 52.0 Å². The highest BCUT2D eigenvalue weighted by atomic mass is 16.7. The van der Waals surface area contributed by atoms with Crippen LogP contribution in [0.15, 0.2) is 18.2 Å². The molecule has 5 heteroatoms. The Hall–Kier alpha value is -1.33. The average Bonchev–Trinajstić information content (AvgIpc) is 2.87. The lowest BCUT2D eigenvalue weighted by Crippen LogP contribution is -2.41. The third-order valence-corrected chi connectivity index (χ3v) is 4.70. The van der Waals surface area contributed by atoms with Gasteiger partial charge in [-0.1, -0.05) is 18.2 Å². The lowest BCUT2D eigenvalue weighted by molar-refractivity contribution is -0.118. The number of hydrogen-bond acceptors (Lipinski definition) is 3. The Bertz CT molecular complexity index is 540. The quantitative estimate of drug-likeness (QED) is 0.605. The molecule has 0 aromatic heterocycles. The van der Waals surface area contributed by atoms with Crippen LogP contribution in [0.25, 0.3) is 0 Å². The molecular formula is C15H20BNO3. The number of carbonyl (C=O) groups is 1. The monoisotopic (exact) mass is 273 g/mol. The summed E-state index contributed by atoms with van der Waals surface area (Å²) >= 11 is 0. The lowest BCUT2D eigenvalue weighted by Gasteiger charge is -2.32. The van der Waals surface area contributed by atoms with Crippen LogP contribution in [-0.2, 0) is 27.2 Å². The maximum atomic E-state index is 11.0. The summed E-state index contributed by atoms with van der Waals surface area (Å²) in [6.07, 6.45) is 0.897. The Labute approximate surface area is 120 Å². The van der Waals surface area contributed by atoms with Crippen LogP contribution >= 0.6 is 0 Å². The Balaban J connectivity index is 1.95. The largest absolute Gasteiger partial charge is 0.495 e. The summed E-state index contributed by atoms with van der Waals surface area (Å²) in [6, 6.07) is 6.11. The van der Waals surface area contributed by atoms with Crippen LogP contribution in [0, 0.1) is 0 Å². The van der Waals surface area contributed by atoms with Crippen LogP contribution in [0.5, 0.6) is 0 Å². The molecule has 0 bridgehead atoms. The first-order valence-electron chi connectivity index (χ1n) is 7.00. The number of nitrogens with zero attached hydrogens (tertiary/aromatic N) is 1. The lowest BCUT2D eigenvalue weighted by atomic mass is 9.75. The number of rotatable bonds is 2. The van der Waals surface area contributed by atoms with Crippen molar-refractivity contribution in [1.29, 1.82) is 0 Å². The molecule has 2 aliphatic rings. The molecule has 0 atom stereocenters. The zero-order valence-electron chi connectivity index (χ0n) is 12.5. The molecule has 0 unspecified atom stereocenters. The van der Waals surface area contributed by atoms with Crippen molar-refractivity contribution in [3.8, 4) is 0 Å². The number of benzene rings is 1. The summed E-state index contributed by atoms with van der Waals surface area (Å²) in [6.45, 7) is 9.51. The zero-order chi connectivity index (χ0) is 14.5. The van der Waals surface area contributed by atoms with Gasteiger partial charge in [0.2, 0.25) is 6.41 Å². The topological polar surface area (TPSA) is 38.8 Å². The van der Waals surface area contributed by atoms with Gasteiger partial charge in [0.05, 0.1) is 11.2 Å². The van der Waals surface area contributed by atoms with E-state index in [1.807, 2.05) is 39.8 Å². The van der Waals surface area contributed by atoms with Gasteiger partial charge in [-0.2, -0.15) is 0 Å². The zero-order valence-corrected chi connectivity index (χ0v) is 12.5. The van der Waals surface area contributed by atoms with E-state index in [4.69, 9.17) is 9.31 Å². The number of carbonyl (C=O) groups excluding carboxylic acids is 1. The van der Waals surface area contributed by atoms with Crippen molar-refractivity contribution in [2.75, 3.05) is 0 Å². The maximum Gasteiger partial charge on any atom is 0.495 e. The second kappa shape index (κ2) is 4.33. The Kier molecular flexibility index (Phi) is 2.96. The summed E-state index contributed by atoms with van der Waals surface area (Å²) in [5.41, 5.74) is 2.71. The van der Waals surface area contributed by atoms with Gasteiger partial charge < -0.3 is 14.2 Å². The Morgan fingerprint density at radius 1 is 1.15 bits per heavy atom. The molecule has 0 saturated carbocycles. The van der Waals surface area contributed by atoms with Gasteiger partial charge >= 0.3 is 7.12 Å². The fourth-order valence-corrected chi connectivity index (χ4v) is 2.74. The molecule has 3 rings (SSSR count).